The third-order valence-corrected chi connectivity index (χ3v) is 3.72. The first kappa shape index (κ1) is 17.8. The van der Waals surface area contributed by atoms with Crippen molar-refractivity contribution in [2.24, 2.45) is 0 Å². The Hall–Kier alpha value is -1.59. The van der Waals surface area contributed by atoms with Crippen LogP contribution in [0.2, 0.25) is 15.1 Å². The number of rotatable bonds is 3. The van der Waals surface area contributed by atoms with E-state index in [1.165, 1.54) is 6.08 Å². The minimum atomic E-state index is -0.359. The quantitative estimate of drug-likeness (QED) is 0.565. The van der Waals surface area contributed by atoms with Crippen LogP contribution in [0.1, 0.15) is 5.56 Å². The fraction of sp³-hybridized carbons (Fsp3) is 0. The van der Waals surface area contributed by atoms with Gasteiger partial charge in [0.15, 0.2) is 5.11 Å². The topological polar surface area (TPSA) is 41.1 Å². The molecule has 2 aromatic carbocycles. The Labute approximate surface area is 154 Å². The van der Waals surface area contributed by atoms with Gasteiger partial charge in [-0.2, -0.15) is 0 Å². The minimum absolute atomic E-state index is 0.139. The van der Waals surface area contributed by atoms with Crippen molar-refractivity contribution in [3.63, 3.8) is 0 Å². The van der Waals surface area contributed by atoms with Crippen molar-refractivity contribution in [2.45, 2.75) is 0 Å². The van der Waals surface area contributed by atoms with Crippen LogP contribution in [0.15, 0.2) is 48.5 Å². The summed E-state index contributed by atoms with van der Waals surface area (Å²) in [5, 5.41) is 7.06. The highest BCUT2D eigenvalue weighted by atomic mass is 35.5. The summed E-state index contributed by atoms with van der Waals surface area (Å²) in [5.74, 6) is -0.359. The van der Waals surface area contributed by atoms with E-state index < -0.39 is 0 Å². The Morgan fingerprint density at radius 3 is 2.30 bits per heavy atom. The largest absolute Gasteiger partial charge is 0.331 e. The van der Waals surface area contributed by atoms with Crippen LogP contribution in [-0.2, 0) is 4.79 Å². The lowest BCUT2D eigenvalue weighted by atomic mass is 10.2. The van der Waals surface area contributed by atoms with Crippen LogP contribution in [0.3, 0.4) is 0 Å². The predicted octanol–water partition coefficient (Wildman–Crippen LogP) is 5.17. The fourth-order valence-corrected chi connectivity index (χ4v) is 2.44. The van der Waals surface area contributed by atoms with Crippen LogP contribution in [0.4, 0.5) is 5.69 Å². The maximum Gasteiger partial charge on any atom is 0.250 e. The Kier molecular flexibility index (Phi) is 6.42. The van der Waals surface area contributed by atoms with Gasteiger partial charge in [0.1, 0.15) is 0 Å². The first-order valence-electron chi connectivity index (χ1n) is 6.45. The first-order valence-corrected chi connectivity index (χ1v) is 7.99. The maximum atomic E-state index is 11.8. The molecule has 0 spiro atoms. The number of benzene rings is 2. The second-order valence-electron chi connectivity index (χ2n) is 4.45. The van der Waals surface area contributed by atoms with Gasteiger partial charge in [-0.3, -0.25) is 10.1 Å². The summed E-state index contributed by atoms with van der Waals surface area (Å²) >= 11 is 22.7. The van der Waals surface area contributed by atoms with E-state index in [1.807, 2.05) is 0 Å². The molecule has 0 saturated carbocycles. The summed E-state index contributed by atoms with van der Waals surface area (Å²) < 4.78 is 0. The number of thiocarbonyl (C=S) groups is 1. The smallest absolute Gasteiger partial charge is 0.250 e. The summed E-state index contributed by atoms with van der Waals surface area (Å²) in [7, 11) is 0. The number of anilines is 1. The zero-order chi connectivity index (χ0) is 16.8. The van der Waals surface area contributed by atoms with Crippen molar-refractivity contribution in [1.29, 1.82) is 0 Å². The monoisotopic (exact) mass is 384 g/mol. The molecule has 0 saturated heterocycles. The van der Waals surface area contributed by atoms with Gasteiger partial charge in [0.25, 0.3) is 0 Å². The third-order valence-electron chi connectivity index (χ3n) is 2.71. The number of halogens is 3. The first-order chi connectivity index (χ1) is 10.9. The van der Waals surface area contributed by atoms with Gasteiger partial charge in [0.05, 0.1) is 10.7 Å². The highest BCUT2D eigenvalue weighted by Crippen LogP contribution is 2.25. The van der Waals surface area contributed by atoms with E-state index in [2.05, 4.69) is 10.6 Å². The molecule has 0 bridgehead atoms. The van der Waals surface area contributed by atoms with Crippen LogP contribution in [-0.4, -0.2) is 11.0 Å². The molecule has 0 radical (unpaired) electrons. The average molecular weight is 386 g/mol. The van der Waals surface area contributed by atoms with E-state index in [1.54, 1.807) is 48.5 Å². The molecule has 118 valence electrons. The number of amides is 1. The van der Waals surface area contributed by atoms with Crippen LogP contribution in [0.5, 0.6) is 0 Å². The van der Waals surface area contributed by atoms with Crippen LogP contribution in [0, 0.1) is 0 Å². The number of nitrogens with one attached hydrogen (secondary N) is 2. The summed E-state index contributed by atoms with van der Waals surface area (Å²) in [5.41, 5.74) is 1.41. The molecule has 0 aliphatic carbocycles. The van der Waals surface area contributed by atoms with Crippen LogP contribution < -0.4 is 10.6 Å². The van der Waals surface area contributed by atoms with Gasteiger partial charge in [-0.25, -0.2) is 0 Å². The number of carbonyl (C=O) groups is 1. The summed E-state index contributed by atoms with van der Waals surface area (Å²) in [4.78, 5) is 11.8. The van der Waals surface area contributed by atoms with Gasteiger partial charge >= 0.3 is 0 Å². The molecular formula is C16H11Cl3N2OS. The van der Waals surface area contributed by atoms with E-state index in [4.69, 9.17) is 47.0 Å². The molecule has 2 rings (SSSR count). The number of carbonyl (C=O) groups excluding carboxylic acids is 1. The lowest BCUT2D eigenvalue weighted by Crippen LogP contribution is -2.32. The Balaban J connectivity index is 1.91. The molecule has 23 heavy (non-hydrogen) atoms. The minimum Gasteiger partial charge on any atom is -0.331 e. The van der Waals surface area contributed by atoms with Crippen molar-refractivity contribution in [2.75, 3.05) is 5.32 Å². The standard InChI is InChI=1S/C16H11Cl3N2OS/c17-11-4-1-10(2-5-11)3-8-15(22)21-16(23)20-14-7-6-12(18)9-13(14)19/h1-9H,(H2,20,21,22,23)/b8-3+. The highest BCUT2D eigenvalue weighted by molar-refractivity contribution is 7.80. The predicted molar refractivity (Wildman–Crippen MR) is 101 cm³/mol. The van der Waals surface area contributed by atoms with Crippen molar-refractivity contribution >= 4 is 69.8 Å². The molecule has 3 nitrogen and oxygen atoms in total. The molecule has 0 heterocycles. The lowest BCUT2D eigenvalue weighted by Gasteiger charge is -2.09. The summed E-state index contributed by atoms with van der Waals surface area (Å²) in [6.07, 6.45) is 3.03. The van der Waals surface area contributed by atoms with E-state index in [9.17, 15) is 4.79 Å². The molecule has 2 N–H and O–H groups in total. The van der Waals surface area contributed by atoms with E-state index in [0.29, 0.717) is 20.8 Å². The lowest BCUT2D eigenvalue weighted by molar-refractivity contribution is -0.115. The molecule has 7 heteroatoms. The molecular weight excluding hydrogens is 375 g/mol. The number of hydrogen-bond donors (Lipinski definition) is 2. The van der Waals surface area contributed by atoms with Crippen molar-refractivity contribution < 1.29 is 4.79 Å². The molecule has 0 aromatic heterocycles. The Bertz CT molecular complexity index is 760. The summed E-state index contributed by atoms with van der Waals surface area (Å²) in [6, 6.07) is 12.0. The van der Waals surface area contributed by atoms with Gasteiger partial charge < -0.3 is 5.32 Å². The Morgan fingerprint density at radius 1 is 1.00 bits per heavy atom. The van der Waals surface area contributed by atoms with Crippen LogP contribution >= 0.6 is 47.0 Å². The molecule has 2 aromatic rings. The van der Waals surface area contributed by atoms with E-state index in [-0.39, 0.29) is 11.0 Å². The van der Waals surface area contributed by atoms with Crippen molar-refractivity contribution in [3.05, 3.63) is 69.2 Å². The van der Waals surface area contributed by atoms with Gasteiger partial charge in [0, 0.05) is 16.1 Å². The van der Waals surface area contributed by atoms with Gasteiger partial charge in [-0.05, 0) is 54.2 Å². The maximum absolute atomic E-state index is 11.8. The van der Waals surface area contributed by atoms with E-state index in [0.717, 1.165) is 5.56 Å². The second-order valence-corrected chi connectivity index (χ2v) is 6.14. The normalized spacial score (nSPS) is 10.6. The van der Waals surface area contributed by atoms with Crippen molar-refractivity contribution in [3.8, 4) is 0 Å². The fourth-order valence-electron chi connectivity index (χ4n) is 1.64. The molecule has 1 amide bonds. The van der Waals surface area contributed by atoms with Gasteiger partial charge in [-0.15, -0.1) is 0 Å². The average Bonchev–Trinajstić information content (AvgIpc) is 2.49. The zero-order valence-electron chi connectivity index (χ0n) is 11.6. The van der Waals surface area contributed by atoms with E-state index >= 15 is 0 Å². The molecule has 0 aliphatic rings. The SMILES string of the molecule is O=C(/C=C/c1ccc(Cl)cc1)NC(=S)Nc1ccc(Cl)cc1Cl. The second kappa shape index (κ2) is 8.31. The van der Waals surface area contributed by atoms with Crippen LogP contribution in [0.25, 0.3) is 6.08 Å². The molecule has 0 aliphatic heterocycles. The zero-order valence-corrected chi connectivity index (χ0v) is 14.7. The Morgan fingerprint density at radius 2 is 1.65 bits per heavy atom. The van der Waals surface area contributed by atoms with Crippen molar-refractivity contribution in [1.82, 2.24) is 5.32 Å². The summed E-state index contributed by atoms with van der Waals surface area (Å²) in [6.45, 7) is 0. The van der Waals surface area contributed by atoms with Gasteiger partial charge in [0.2, 0.25) is 5.91 Å². The third kappa shape index (κ3) is 5.84. The highest BCUT2D eigenvalue weighted by Gasteiger charge is 2.05. The number of hydrogen-bond acceptors (Lipinski definition) is 2. The molecule has 0 fully saturated rings. The molecule has 0 atom stereocenters. The molecule has 0 unspecified atom stereocenters. The van der Waals surface area contributed by atoms with Gasteiger partial charge in [-0.1, -0.05) is 46.9 Å².